The standard InChI is InChI=1S/C23H23N3O6S/c1-15(27)32-13-18-11-17(8-10-24-18)26-22(28)20-5-4-9-25-23(20)33(29)14-16-6-7-19(30-2)12-21(16)31-3/h4-12H,13-14H2,1-3H3,(H,24,26,28). The zero-order chi connectivity index (χ0) is 23.8. The number of amides is 1. The molecule has 1 N–H and O–H groups in total. The second-order valence-electron chi connectivity index (χ2n) is 6.79. The van der Waals surface area contributed by atoms with E-state index in [0.717, 1.165) is 0 Å². The van der Waals surface area contributed by atoms with Gasteiger partial charge in [0.05, 0.1) is 42.0 Å². The van der Waals surface area contributed by atoms with Gasteiger partial charge >= 0.3 is 5.97 Å². The monoisotopic (exact) mass is 469 g/mol. The molecule has 0 spiro atoms. The molecule has 9 nitrogen and oxygen atoms in total. The highest BCUT2D eigenvalue weighted by atomic mass is 32.2. The number of hydrogen-bond donors (Lipinski definition) is 1. The van der Waals surface area contributed by atoms with Gasteiger partial charge in [-0.15, -0.1) is 0 Å². The number of hydrogen-bond acceptors (Lipinski definition) is 8. The summed E-state index contributed by atoms with van der Waals surface area (Å²) in [6, 6.07) is 11.6. The van der Waals surface area contributed by atoms with Crippen molar-refractivity contribution in [1.29, 1.82) is 0 Å². The van der Waals surface area contributed by atoms with Gasteiger partial charge in [-0.05, 0) is 30.3 Å². The van der Waals surface area contributed by atoms with Crippen molar-refractivity contribution >= 4 is 28.4 Å². The third kappa shape index (κ3) is 6.36. The van der Waals surface area contributed by atoms with E-state index in [1.165, 1.54) is 26.4 Å². The summed E-state index contributed by atoms with van der Waals surface area (Å²) in [6.45, 7) is 1.29. The van der Waals surface area contributed by atoms with Crippen LogP contribution in [0.2, 0.25) is 0 Å². The molecule has 1 amide bonds. The highest BCUT2D eigenvalue weighted by molar-refractivity contribution is 7.84. The first kappa shape index (κ1) is 23.9. The number of nitrogens with one attached hydrogen (secondary N) is 1. The molecule has 0 saturated heterocycles. The Hall–Kier alpha value is -3.79. The number of carbonyl (C=O) groups is 2. The number of benzene rings is 1. The lowest BCUT2D eigenvalue weighted by Crippen LogP contribution is -2.16. The minimum absolute atomic E-state index is 0.00903. The number of carbonyl (C=O) groups excluding carboxylic acids is 2. The Labute approximate surface area is 193 Å². The lowest BCUT2D eigenvalue weighted by Gasteiger charge is -2.12. The fraction of sp³-hybridized carbons (Fsp3) is 0.217. The lowest BCUT2D eigenvalue weighted by molar-refractivity contribution is -0.142. The normalized spacial score (nSPS) is 11.4. The molecule has 2 heterocycles. The van der Waals surface area contributed by atoms with E-state index < -0.39 is 22.7 Å². The van der Waals surface area contributed by atoms with E-state index in [9.17, 15) is 13.8 Å². The number of nitrogens with zero attached hydrogens (tertiary/aromatic N) is 2. The van der Waals surface area contributed by atoms with Gasteiger partial charge in [-0.1, -0.05) is 6.07 Å². The van der Waals surface area contributed by atoms with E-state index in [1.54, 1.807) is 49.6 Å². The molecule has 10 heteroatoms. The van der Waals surface area contributed by atoms with E-state index in [-0.39, 0.29) is 22.9 Å². The van der Waals surface area contributed by atoms with E-state index in [2.05, 4.69) is 15.3 Å². The maximum atomic E-state index is 13.1. The Morgan fingerprint density at radius 2 is 1.85 bits per heavy atom. The zero-order valence-electron chi connectivity index (χ0n) is 18.4. The molecule has 0 aliphatic rings. The summed E-state index contributed by atoms with van der Waals surface area (Å²) in [5.74, 6) is 0.345. The van der Waals surface area contributed by atoms with Crippen molar-refractivity contribution in [3.8, 4) is 11.5 Å². The Balaban J connectivity index is 1.79. The van der Waals surface area contributed by atoms with Crippen LogP contribution >= 0.6 is 0 Å². The number of rotatable bonds is 9. The van der Waals surface area contributed by atoms with Crippen molar-refractivity contribution in [2.45, 2.75) is 24.3 Å². The summed E-state index contributed by atoms with van der Waals surface area (Å²) in [7, 11) is 1.45. The van der Waals surface area contributed by atoms with Gasteiger partial charge in [0.1, 0.15) is 23.1 Å². The molecule has 0 bridgehead atoms. The molecule has 3 rings (SSSR count). The largest absolute Gasteiger partial charge is 0.497 e. The lowest BCUT2D eigenvalue weighted by atomic mass is 10.2. The van der Waals surface area contributed by atoms with Crippen LogP contribution in [-0.4, -0.2) is 40.3 Å². The molecular weight excluding hydrogens is 446 g/mol. The summed E-state index contributed by atoms with van der Waals surface area (Å²) < 4.78 is 28.6. The number of esters is 1. The van der Waals surface area contributed by atoms with Crippen LogP contribution in [0.25, 0.3) is 0 Å². The molecular formula is C23H23N3O6S. The summed E-state index contributed by atoms with van der Waals surface area (Å²) in [4.78, 5) is 32.2. The van der Waals surface area contributed by atoms with Crippen molar-refractivity contribution < 1.29 is 28.0 Å². The van der Waals surface area contributed by atoms with E-state index in [0.29, 0.717) is 28.4 Å². The Kier molecular flexibility index (Phi) is 8.09. The van der Waals surface area contributed by atoms with E-state index >= 15 is 0 Å². The first-order chi connectivity index (χ1) is 15.9. The van der Waals surface area contributed by atoms with Gasteiger partial charge in [0.25, 0.3) is 5.91 Å². The van der Waals surface area contributed by atoms with Crippen molar-refractivity contribution in [1.82, 2.24) is 9.97 Å². The fourth-order valence-corrected chi connectivity index (χ4v) is 4.18. The summed E-state index contributed by atoms with van der Waals surface area (Å²) >= 11 is 0. The van der Waals surface area contributed by atoms with Gasteiger partial charge in [0.15, 0.2) is 0 Å². The van der Waals surface area contributed by atoms with Gasteiger partial charge in [0.2, 0.25) is 0 Å². The molecule has 1 atom stereocenters. The predicted molar refractivity (Wildman–Crippen MR) is 122 cm³/mol. The van der Waals surface area contributed by atoms with Crippen LogP contribution < -0.4 is 14.8 Å². The average molecular weight is 470 g/mol. The number of methoxy groups -OCH3 is 2. The molecule has 1 aromatic carbocycles. The molecule has 3 aromatic rings. The number of ether oxygens (including phenoxy) is 3. The van der Waals surface area contributed by atoms with Gasteiger partial charge in [-0.25, -0.2) is 4.98 Å². The Bertz CT molecular complexity index is 1180. The second kappa shape index (κ2) is 11.2. The predicted octanol–water partition coefficient (Wildman–Crippen LogP) is 3.12. The van der Waals surface area contributed by atoms with Crippen LogP contribution in [0.1, 0.15) is 28.5 Å². The summed E-state index contributed by atoms with van der Waals surface area (Å²) in [6.07, 6.45) is 2.98. The molecule has 0 saturated carbocycles. The van der Waals surface area contributed by atoms with Crippen LogP contribution in [0, 0.1) is 0 Å². The maximum Gasteiger partial charge on any atom is 0.303 e. The van der Waals surface area contributed by atoms with Crippen molar-refractivity contribution in [3.05, 3.63) is 71.7 Å². The van der Waals surface area contributed by atoms with Crippen molar-refractivity contribution in [3.63, 3.8) is 0 Å². The molecule has 1 unspecified atom stereocenters. The summed E-state index contributed by atoms with van der Waals surface area (Å²) in [5, 5.41) is 2.90. The average Bonchev–Trinajstić information content (AvgIpc) is 2.83. The van der Waals surface area contributed by atoms with Crippen molar-refractivity contribution in [2.24, 2.45) is 0 Å². The van der Waals surface area contributed by atoms with E-state index in [1.807, 2.05) is 0 Å². The molecule has 0 radical (unpaired) electrons. The van der Waals surface area contributed by atoms with Crippen LogP contribution in [0.5, 0.6) is 11.5 Å². The summed E-state index contributed by atoms with van der Waals surface area (Å²) in [5.41, 5.74) is 1.80. The van der Waals surface area contributed by atoms with Crippen LogP contribution in [0.4, 0.5) is 5.69 Å². The molecule has 0 fully saturated rings. The topological polar surface area (TPSA) is 117 Å². The smallest absolute Gasteiger partial charge is 0.303 e. The third-order valence-corrected chi connectivity index (χ3v) is 5.84. The second-order valence-corrected chi connectivity index (χ2v) is 8.16. The molecule has 172 valence electrons. The molecule has 2 aromatic heterocycles. The molecule has 33 heavy (non-hydrogen) atoms. The van der Waals surface area contributed by atoms with E-state index in [4.69, 9.17) is 14.2 Å². The van der Waals surface area contributed by atoms with Crippen LogP contribution in [0.15, 0.2) is 59.9 Å². The minimum atomic E-state index is -1.62. The third-order valence-electron chi connectivity index (χ3n) is 4.51. The first-order valence-corrected chi connectivity index (χ1v) is 11.2. The highest BCUT2D eigenvalue weighted by Crippen LogP contribution is 2.27. The van der Waals surface area contributed by atoms with Gasteiger partial charge in [-0.3, -0.25) is 18.8 Å². The first-order valence-electron chi connectivity index (χ1n) is 9.85. The number of anilines is 1. The SMILES string of the molecule is COc1ccc(CS(=O)c2ncccc2C(=O)Nc2ccnc(COC(C)=O)c2)c(OC)c1. The van der Waals surface area contributed by atoms with Gasteiger partial charge in [0, 0.05) is 36.6 Å². The fourth-order valence-electron chi connectivity index (χ4n) is 2.93. The van der Waals surface area contributed by atoms with Crippen molar-refractivity contribution in [2.75, 3.05) is 19.5 Å². The Morgan fingerprint density at radius 3 is 2.58 bits per heavy atom. The molecule has 0 aliphatic heterocycles. The zero-order valence-corrected chi connectivity index (χ0v) is 19.2. The van der Waals surface area contributed by atoms with Crippen LogP contribution in [-0.2, 0) is 32.7 Å². The minimum Gasteiger partial charge on any atom is -0.497 e. The van der Waals surface area contributed by atoms with Crippen LogP contribution in [0.3, 0.4) is 0 Å². The van der Waals surface area contributed by atoms with Gasteiger partial charge < -0.3 is 19.5 Å². The number of aromatic nitrogens is 2. The maximum absolute atomic E-state index is 13.1. The molecule has 0 aliphatic carbocycles. The number of pyridine rings is 2. The Morgan fingerprint density at radius 1 is 1.03 bits per heavy atom. The quantitative estimate of drug-likeness (QED) is 0.475. The van der Waals surface area contributed by atoms with Gasteiger partial charge in [-0.2, -0.15) is 0 Å². The highest BCUT2D eigenvalue weighted by Gasteiger charge is 2.19.